The highest BCUT2D eigenvalue weighted by Crippen LogP contribution is 2.37. The Kier molecular flexibility index (Phi) is 9.28. The molecule has 1 heterocycles. The monoisotopic (exact) mass is 743 g/mol. The smallest absolute Gasteiger partial charge is 0.135 e. The summed E-state index contributed by atoms with van der Waals surface area (Å²) in [5.74, 6) is 0. The summed E-state index contributed by atoms with van der Waals surface area (Å²) in [6.45, 7) is 0. The lowest BCUT2D eigenvalue weighted by atomic mass is 9.62. The number of nitrogens with zero attached hydrogens (tertiary/aromatic N) is 1. The van der Waals surface area contributed by atoms with Gasteiger partial charge < -0.3 is 9.32 Å². The first-order chi connectivity index (χ1) is 29.1. The molecule has 0 saturated carbocycles. The SMILES string of the molecule is [B]c1c([B])c(N(c2cccc(-c3ccc4oc5ccccc5c4c3)c2)c2c([B])c([B])c(-c3cccc4ccccc34)c([B])c2[B])c([B])c([B])c1-c1cccc2ccccc12. The van der Waals surface area contributed by atoms with Crippen LogP contribution in [0.1, 0.15) is 0 Å². The Morgan fingerprint density at radius 2 is 0.767 bits per heavy atom. The van der Waals surface area contributed by atoms with Gasteiger partial charge in [-0.05, 0) is 85.3 Å². The van der Waals surface area contributed by atoms with Crippen molar-refractivity contribution in [2.24, 2.45) is 0 Å². The fraction of sp³-hybridized carbons (Fsp3) is 0. The molecule has 1 aromatic heterocycles. The summed E-state index contributed by atoms with van der Waals surface area (Å²) < 4.78 is 6.14. The van der Waals surface area contributed by atoms with Gasteiger partial charge in [0.15, 0.2) is 0 Å². The molecule has 2 nitrogen and oxygen atoms in total. The number of rotatable bonds is 6. The average molecular weight is 742 g/mol. The van der Waals surface area contributed by atoms with Gasteiger partial charge in [-0.1, -0.05) is 165 Å². The Hall–Kier alpha value is -6.38. The van der Waals surface area contributed by atoms with Crippen LogP contribution in [-0.2, 0) is 0 Å². The highest BCUT2D eigenvalue weighted by atomic mass is 16.3. The van der Waals surface area contributed by atoms with E-state index in [1.807, 2.05) is 146 Å². The van der Waals surface area contributed by atoms with Crippen molar-refractivity contribution in [3.63, 3.8) is 0 Å². The predicted octanol–water partition coefficient (Wildman–Crippen LogP) is 4.71. The maximum Gasteiger partial charge on any atom is 0.135 e. The van der Waals surface area contributed by atoms with Gasteiger partial charge in [-0.15, -0.1) is 0 Å². The molecular weight excluding hydrogens is 717 g/mol. The van der Waals surface area contributed by atoms with Crippen molar-refractivity contribution in [1.82, 2.24) is 0 Å². The molecule has 10 rings (SSSR count). The molecule has 0 N–H and O–H groups in total. The Morgan fingerprint density at radius 3 is 1.32 bits per heavy atom. The molecule has 0 aliphatic heterocycles. The van der Waals surface area contributed by atoms with Gasteiger partial charge in [-0.25, -0.2) is 0 Å². The van der Waals surface area contributed by atoms with Crippen LogP contribution in [0.15, 0.2) is 156 Å². The zero-order chi connectivity index (χ0) is 41.4. The summed E-state index contributed by atoms with van der Waals surface area (Å²) >= 11 is 0. The first-order valence-corrected chi connectivity index (χ1v) is 19.4. The van der Waals surface area contributed by atoms with E-state index in [0.717, 1.165) is 65.7 Å². The molecule has 0 fully saturated rings. The van der Waals surface area contributed by atoms with E-state index >= 15 is 0 Å². The zero-order valence-corrected chi connectivity index (χ0v) is 32.4. The lowest BCUT2D eigenvalue weighted by molar-refractivity contribution is 0.669. The number of para-hydroxylation sites is 1. The molecule has 0 aliphatic carbocycles. The third-order valence-electron chi connectivity index (χ3n) is 11.6. The molecule has 260 valence electrons. The van der Waals surface area contributed by atoms with Gasteiger partial charge in [0.25, 0.3) is 0 Å². The standard InChI is InChI=1S/C50H25B8NO/c51-41-39(34-19-8-12-26-10-1-3-16-31(26)34)42(52)46(56)49(45(41)55)59(30-15-7-14-28(24-30)29-22-23-38-36(25-29)33-18-5-6-21-37(33)60-38)50-47(57)43(53)40(44(54)48(50)58)35-20-9-13-27-11-2-4-17-32(27)35/h1-25H. The van der Waals surface area contributed by atoms with E-state index in [1.54, 1.807) is 4.90 Å². The molecule has 0 aliphatic rings. The number of hydrogen-bond acceptors (Lipinski definition) is 2. The van der Waals surface area contributed by atoms with Crippen LogP contribution in [0.5, 0.6) is 0 Å². The van der Waals surface area contributed by atoms with E-state index in [4.69, 9.17) is 67.2 Å². The molecular formula is C50H25B8NO. The van der Waals surface area contributed by atoms with E-state index in [-0.39, 0.29) is 55.1 Å². The van der Waals surface area contributed by atoms with Crippen LogP contribution in [0.3, 0.4) is 0 Å². The molecule has 0 spiro atoms. The van der Waals surface area contributed by atoms with E-state index in [9.17, 15) is 0 Å². The van der Waals surface area contributed by atoms with Crippen molar-refractivity contribution >= 4 is 167 Å². The number of anilines is 3. The molecule has 0 saturated heterocycles. The van der Waals surface area contributed by atoms with Crippen molar-refractivity contribution in [3.8, 4) is 33.4 Å². The van der Waals surface area contributed by atoms with Gasteiger partial charge in [-0.2, -0.15) is 0 Å². The summed E-state index contributed by atoms with van der Waals surface area (Å²) in [6, 6.07) is 49.7. The van der Waals surface area contributed by atoms with Gasteiger partial charge in [0.05, 0.1) is 0 Å². The third kappa shape index (κ3) is 5.91. The first-order valence-electron chi connectivity index (χ1n) is 19.4. The minimum Gasteiger partial charge on any atom is -0.456 e. The topological polar surface area (TPSA) is 16.4 Å². The van der Waals surface area contributed by atoms with Crippen LogP contribution in [0.25, 0.3) is 76.9 Å². The molecule has 0 amide bonds. The molecule has 0 bridgehead atoms. The Bertz CT molecular complexity index is 3180. The summed E-state index contributed by atoms with van der Waals surface area (Å²) in [4.78, 5) is 1.77. The second-order valence-electron chi connectivity index (χ2n) is 15.0. The lowest BCUT2D eigenvalue weighted by Gasteiger charge is -2.37. The van der Waals surface area contributed by atoms with E-state index < -0.39 is 0 Å². The first kappa shape index (κ1) is 37.9. The van der Waals surface area contributed by atoms with Crippen LogP contribution >= 0.6 is 0 Å². The van der Waals surface area contributed by atoms with Crippen LogP contribution < -0.4 is 48.6 Å². The van der Waals surface area contributed by atoms with E-state index in [1.165, 1.54) is 0 Å². The van der Waals surface area contributed by atoms with Gasteiger partial charge in [-0.3, -0.25) is 0 Å². The van der Waals surface area contributed by atoms with E-state index in [2.05, 4.69) is 6.07 Å². The van der Waals surface area contributed by atoms with Gasteiger partial charge in [0.2, 0.25) is 0 Å². The summed E-state index contributed by atoms with van der Waals surface area (Å²) in [6.07, 6.45) is 0. The summed E-state index contributed by atoms with van der Waals surface area (Å²) in [5.41, 5.74) is 8.75. The van der Waals surface area contributed by atoms with Crippen molar-refractivity contribution in [1.29, 1.82) is 0 Å². The van der Waals surface area contributed by atoms with Gasteiger partial charge in [0, 0.05) is 27.8 Å². The molecule has 10 aromatic rings. The highest BCUT2D eigenvalue weighted by Gasteiger charge is 2.27. The minimum atomic E-state index is 0.162. The largest absolute Gasteiger partial charge is 0.456 e. The number of fused-ring (bicyclic) bond motifs is 5. The van der Waals surface area contributed by atoms with Gasteiger partial charge in [0.1, 0.15) is 73.9 Å². The maximum absolute atomic E-state index is 7.17. The molecule has 10 heteroatoms. The van der Waals surface area contributed by atoms with Gasteiger partial charge >= 0.3 is 0 Å². The lowest BCUT2D eigenvalue weighted by Crippen LogP contribution is -2.50. The normalized spacial score (nSPS) is 11.5. The maximum atomic E-state index is 7.17. The fourth-order valence-electron chi connectivity index (χ4n) is 8.68. The second-order valence-corrected chi connectivity index (χ2v) is 15.0. The quantitative estimate of drug-likeness (QED) is 0.230. The zero-order valence-electron chi connectivity index (χ0n) is 32.4. The van der Waals surface area contributed by atoms with Crippen LogP contribution in [0.4, 0.5) is 17.1 Å². The Balaban J connectivity index is 1.23. The number of furan rings is 1. The highest BCUT2D eigenvalue weighted by molar-refractivity contribution is 6.65. The summed E-state index contributed by atoms with van der Waals surface area (Å²) in [5, 5.41) is 5.90. The number of benzene rings is 9. The van der Waals surface area contributed by atoms with E-state index in [0.29, 0.717) is 16.8 Å². The molecule has 0 atom stereocenters. The predicted molar refractivity (Wildman–Crippen MR) is 263 cm³/mol. The molecule has 0 unspecified atom stereocenters. The fourth-order valence-corrected chi connectivity index (χ4v) is 8.68. The van der Waals surface area contributed by atoms with Crippen molar-refractivity contribution in [2.75, 3.05) is 4.90 Å². The van der Waals surface area contributed by atoms with Crippen molar-refractivity contribution < 1.29 is 4.42 Å². The van der Waals surface area contributed by atoms with Crippen LogP contribution in [-0.4, -0.2) is 62.8 Å². The van der Waals surface area contributed by atoms with Crippen molar-refractivity contribution in [2.45, 2.75) is 0 Å². The molecule has 9 aromatic carbocycles. The Labute approximate surface area is 359 Å². The third-order valence-corrected chi connectivity index (χ3v) is 11.6. The van der Waals surface area contributed by atoms with Crippen LogP contribution in [0.2, 0.25) is 0 Å². The average Bonchev–Trinajstić information content (AvgIpc) is 3.65. The molecule has 60 heavy (non-hydrogen) atoms. The van der Waals surface area contributed by atoms with Crippen LogP contribution in [0, 0.1) is 0 Å². The minimum absolute atomic E-state index is 0.162. The second kappa shape index (κ2) is 14.7. The summed E-state index contributed by atoms with van der Waals surface area (Å²) in [7, 11) is 56.9. The Morgan fingerprint density at radius 1 is 0.333 bits per heavy atom. The number of hydrogen-bond donors (Lipinski definition) is 0. The van der Waals surface area contributed by atoms with Crippen molar-refractivity contribution in [3.05, 3.63) is 152 Å². The molecule has 16 radical (unpaired) electrons.